The molecule has 0 bridgehead atoms. The van der Waals surface area contributed by atoms with Gasteiger partial charge in [-0.3, -0.25) is 10.4 Å². The average molecular weight is 252 g/mol. The van der Waals surface area contributed by atoms with Crippen LogP contribution in [0.3, 0.4) is 0 Å². The molecule has 5 atom stereocenters. The van der Waals surface area contributed by atoms with Gasteiger partial charge in [0.15, 0.2) is 0 Å². The Hall–Kier alpha value is -1.73. The Balaban J connectivity index is 1.89. The predicted octanol–water partition coefficient (Wildman–Crippen LogP) is -0.881. The fraction of sp³-hybridized carbons (Fsp3) is 0.455. The molecular formula is C11H13FN4O2. The number of nitrogens with zero attached hydrogens (tertiary/aromatic N) is 2. The summed E-state index contributed by atoms with van der Waals surface area (Å²) in [5.41, 5.74) is 0. The molecule has 0 fully saturated rings. The van der Waals surface area contributed by atoms with Crippen molar-refractivity contribution in [2.45, 2.75) is 30.3 Å². The fourth-order valence-electron chi connectivity index (χ4n) is 2.54. The quantitative estimate of drug-likeness (QED) is 0.487. The molecule has 0 saturated heterocycles. The highest BCUT2D eigenvalue weighted by Gasteiger charge is 2.45. The summed E-state index contributed by atoms with van der Waals surface area (Å²) in [4.78, 5) is 5.68. The Morgan fingerprint density at radius 3 is 2.89 bits per heavy atom. The number of amidine groups is 1. The van der Waals surface area contributed by atoms with Crippen LogP contribution >= 0.6 is 0 Å². The van der Waals surface area contributed by atoms with Crippen LogP contribution in [-0.2, 0) is 0 Å². The molecule has 96 valence electrons. The molecule has 0 aromatic carbocycles. The van der Waals surface area contributed by atoms with E-state index in [-0.39, 0.29) is 11.9 Å². The van der Waals surface area contributed by atoms with Crippen molar-refractivity contribution in [1.82, 2.24) is 10.2 Å². The van der Waals surface area contributed by atoms with Crippen LogP contribution in [0.1, 0.15) is 0 Å². The number of hydrogen-bond acceptors (Lipinski definition) is 5. The highest BCUT2D eigenvalue weighted by atomic mass is 19.1. The maximum atomic E-state index is 13.7. The lowest BCUT2D eigenvalue weighted by Gasteiger charge is -2.34. The molecule has 1 aliphatic carbocycles. The van der Waals surface area contributed by atoms with E-state index in [2.05, 4.69) is 10.3 Å². The first-order chi connectivity index (χ1) is 8.59. The minimum atomic E-state index is -1.22. The summed E-state index contributed by atoms with van der Waals surface area (Å²) < 4.78 is 13.7. The molecule has 0 aromatic rings. The third kappa shape index (κ3) is 1.48. The summed E-state index contributed by atoms with van der Waals surface area (Å²) in [7, 11) is 0. The Bertz CT molecular complexity index is 476. The van der Waals surface area contributed by atoms with Gasteiger partial charge in [-0.2, -0.15) is 0 Å². The van der Waals surface area contributed by atoms with Crippen molar-refractivity contribution >= 4 is 12.2 Å². The molecule has 0 aromatic heterocycles. The first-order valence-corrected chi connectivity index (χ1v) is 5.65. The van der Waals surface area contributed by atoms with Crippen molar-refractivity contribution in [1.29, 1.82) is 5.41 Å². The Morgan fingerprint density at radius 2 is 2.22 bits per heavy atom. The largest absolute Gasteiger partial charge is 0.387 e. The van der Waals surface area contributed by atoms with Gasteiger partial charge in [-0.15, -0.1) is 0 Å². The highest BCUT2D eigenvalue weighted by Crippen LogP contribution is 2.31. The summed E-state index contributed by atoms with van der Waals surface area (Å²) >= 11 is 0. The van der Waals surface area contributed by atoms with Gasteiger partial charge in [-0.05, 0) is 12.2 Å². The number of aliphatic imine (C=N–C) groups is 1. The Morgan fingerprint density at radius 1 is 1.44 bits per heavy atom. The molecule has 2 heterocycles. The van der Waals surface area contributed by atoms with Crippen LogP contribution in [0, 0.1) is 5.41 Å². The van der Waals surface area contributed by atoms with Gasteiger partial charge in [0, 0.05) is 6.20 Å². The molecule has 3 aliphatic rings. The standard InChI is InChI=1S/C11H13FN4O2/c12-5-3-7(17)10(18)9(5)16-4-15-8-6(16)1-2-14-11(8)13/h1-4,6-10,17-18H,(H2,13,14)/t6?,7-,8?,9-,10-/m0/s1. The van der Waals surface area contributed by atoms with Crippen molar-refractivity contribution in [2.24, 2.45) is 4.99 Å². The normalized spacial score (nSPS) is 41.9. The zero-order chi connectivity index (χ0) is 12.9. The molecule has 6 nitrogen and oxygen atoms in total. The van der Waals surface area contributed by atoms with E-state index in [9.17, 15) is 14.6 Å². The van der Waals surface area contributed by atoms with Crippen LogP contribution < -0.4 is 5.32 Å². The zero-order valence-corrected chi connectivity index (χ0v) is 9.36. The van der Waals surface area contributed by atoms with Gasteiger partial charge in [0.05, 0.1) is 12.4 Å². The minimum absolute atomic E-state index is 0.235. The van der Waals surface area contributed by atoms with E-state index in [0.29, 0.717) is 0 Å². The van der Waals surface area contributed by atoms with E-state index < -0.39 is 30.1 Å². The number of fused-ring (bicyclic) bond motifs is 1. The van der Waals surface area contributed by atoms with Crippen LogP contribution in [0.2, 0.25) is 0 Å². The van der Waals surface area contributed by atoms with Gasteiger partial charge >= 0.3 is 0 Å². The number of rotatable bonds is 1. The zero-order valence-electron chi connectivity index (χ0n) is 9.36. The molecule has 18 heavy (non-hydrogen) atoms. The number of nitrogens with one attached hydrogen (secondary N) is 2. The van der Waals surface area contributed by atoms with Crippen molar-refractivity contribution in [2.75, 3.05) is 0 Å². The summed E-state index contributed by atoms with van der Waals surface area (Å²) in [5.74, 6) is -0.334. The van der Waals surface area contributed by atoms with E-state index in [4.69, 9.17) is 5.41 Å². The number of aliphatic hydroxyl groups is 2. The molecule has 0 amide bonds. The second kappa shape index (κ2) is 3.89. The van der Waals surface area contributed by atoms with Crippen LogP contribution in [0.15, 0.2) is 29.2 Å². The molecule has 0 radical (unpaired) electrons. The molecule has 0 spiro atoms. The molecule has 2 aliphatic heterocycles. The van der Waals surface area contributed by atoms with Crippen molar-refractivity contribution in [3.8, 4) is 0 Å². The lowest BCUT2D eigenvalue weighted by Crippen LogP contribution is -2.52. The third-order valence-electron chi connectivity index (χ3n) is 3.46. The van der Waals surface area contributed by atoms with Gasteiger partial charge in [0.1, 0.15) is 36.0 Å². The van der Waals surface area contributed by atoms with Crippen LogP contribution in [0.4, 0.5) is 4.39 Å². The molecular weight excluding hydrogens is 239 g/mol. The lowest BCUT2D eigenvalue weighted by atomic mass is 10.0. The number of aliphatic hydroxyl groups excluding tert-OH is 2. The maximum Gasteiger partial charge on any atom is 0.133 e. The van der Waals surface area contributed by atoms with Crippen molar-refractivity contribution < 1.29 is 14.6 Å². The second-order valence-corrected chi connectivity index (χ2v) is 4.54. The van der Waals surface area contributed by atoms with Crippen LogP contribution in [-0.4, -0.2) is 57.6 Å². The molecule has 2 unspecified atom stereocenters. The Kier molecular flexibility index (Phi) is 2.46. The highest BCUT2D eigenvalue weighted by molar-refractivity contribution is 5.90. The predicted molar refractivity (Wildman–Crippen MR) is 62.9 cm³/mol. The monoisotopic (exact) mass is 252 g/mol. The Labute approximate surface area is 103 Å². The smallest absolute Gasteiger partial charge is 0.133 e. The first-order valence-electron chi connectivity index (χ1n) is 5.65. The van der Waals surface area contributed by atoms with Crippen LogP contribution in [0.25, 0.3) is 0 Å². The molecule has 3 rings (SSSR count). The summed E-state index contributed by atoms with van der Waals surface area (Å²) in [6.45, 7) is 0. The van der Waals surface area contributed by atoms with Gasteiger partial charge in [0.2, 0.25) is 0 Å². The number of hydrogen-bond donors (Lipinski definition) is 4. The van der Waals surface area contributed by atoms with Crippen molar-refractivity contribution in [3.63, 3.8) is 0 Å². The van der Waals surface area contributed by atoms with Crippen LogP contribution in [0.5, 0.6) is 0 Å². The van der Waals surface area contributed by atoms with Gasteiger partial charge < -0.3 is 20.4 Å². The van der Waals surface area contributed by atoms with E-state index in [0.717, 1.165) is 6.08 Å². The SMILES string of the molecule is N=C1NC=CC2C1N=CN2[C@H]1C(F)=C[C@H](O)[C@@H]1O. The van der Waals surface area contributed by atoms with Gasteiger partial charge in [-0.1, -0.05) is 0 Å². The number of halogens is 1. The average Bonchev–Trinajstić information content (AvgIpc) is 2.84. The summed E-state index contributed by atoms with van der Waals surface area (Å²) in [6, 6.07) is -1.65. The summed E-state index contributed by atoms with van der Waals surface area (Å²) in [6.07, 6.45) is 3.39. The molecule has 7 heteroatoms. The third-order valence-corrected chi connectivity index (χ3v) is 3.46. The van der Waals surface area contributed by atoms with Crippen molar-refractivity contribution in [3.05, 3.63) is 24.2 Å². The molecule has 0 saturated carbocycles. The summed E-state index contributed by atoms with van der Waals surface area (Å²) in [5, 5.41) is 29.7. The van der Waals surface area contributed by atoms with E-state index >= 15 is 0 Å². The fourth-order valence-corrected chi connectivity index (χ4v) is 2.54. The first kappa shape index (κ1) is 11.4. The topological polar surface area (TPSA) is 91.9 Å². The molecule has 4 N–H and O–H groups in total. The minimum Gasteiger partial charge on any atom is -0.387 e. The van der Waals surface area contributed by atoms with Gasteiger partial charge in [0.25, 0.3) is 0 Å². The van der Waals surface area contributed by atoms with E-state index in [1.54, 1.807) is 17.2 Å². The van der Waals surface area contributed by atoms with E-state index in [1.807, 2.05) is 0 Å². The van der Waals surface area contributed by atoms with Gasteiger partial charge in [-0.25, -0.2) is 4.39 Å². The lowest BCUT2D eigenvalue weighted by molar-refractivity contribution is 0.0190. The maximum absolute atomic E-state index is 13.7. The van der Waals surface area contributed by atoms with E-state index in [1.165, 1.54) is 6.34 Å². The second-order valence-electron chi connectivity index (χ2n) is 4.54.